The quantitative estimate of drug-likeness (QED) is 0.768. The molecule has 3 rings (SSSR count). The van der Waals surface area contributed by atoms with E-state index in [0.717, 1.165) is 57.1 Å². The van der Waals surface area contributed by atoms with Crippen LogP contribution in [0.3, 0.4) is 0 Å². The average Bonchev–Trinajstić information content (AvgIpc) is 2.72. The molecule has 1 fully saturated rings. The van der Waals surface area contributed by atoms with E-state index >= 15 is 0 Å². The van der Waals surface area contributed by atoms with Crippen molar-refractivity contribution in [2.24, 2.45) is 0 Å². The summed E-state index contributed by atoms with van der Waals surface area (Å²) >= 11 is 0. The van der Waals surface area contributed by atoms with Crippen LogP contribution < -0.4 is 15.1 Å². The number of piperazine rings is 1. The maximum absolute atomic E-state index is 12.1. The smallest absolute Gasteiger partial charge is 0.271 e. The minimum atomic E-state index is -0.153. The number of amides is 1. The highest BCUT2D eigenvalue weighted by Gasteiger charge is 2.19. The van der Waals surface area contributed by atoms with E-state index in [4.69, 9.17) is 0 Å². The van der Waals surface area contributed by atoms with Crippen LogP contribution in [0.25, 0.3) is 0 Å². The van der Waals surface area contributed by atoms with E-state index in [9.17, 15) is 4.79 Å². The second-order valence-corrected chi connectivity index (χ2v) is 6.40. The van der Waals surface area contributed by atoms with E-state index in [2.05, 4.69) is 37.2 Å². The largest absolute Gasteiger partial charge is 0.353 e. The molecule has 0 bridgehead atoms. The van der Waals surface area contributed by atoms with Gasteiger partial charge in [0.2, 0.25) is 0 Å². The lowest BCUT2D eigenvalue weighted by Crippen LogP contribution is -2.47. The van der Waals surface area contributed by atoms with E-state index in [-0.39, 0.29) is 5.91 Å². The van der Waals surface area contributed by atoms with Crippen molar-refractivity contribution >= 4 is 17.5 Å². The van der Waals surface area contributed by atoms with Crippen molar-refractivity contribution in [3.05, 3.63) is 42.2 Å². The average molecular weight is 354 g/mol. The highest BCUT2D eigenvalue weighted by Crippen LogP contribution is 2.16. The van der Waals surface area contributed by atoms with Crippen LogP contribution in [0.4, 0.5) is 11.6 Å². The summed E-state index contributed by atoms with van der Waals surface area (Å²) < 4.78 is 0. The number of nitrogens with zero attached hydrogens (tertiary/aromatic N) is 5. The van der Waals surface area contributed by atoms with Gasteiger partial charge in [-0.25, -0.2) is 4.98 Å². The zero-order chi connectivity index (χ0) is 18.2. The summed E-state index contributed by atoms with van der Waals surface area (Å²) in [6, 6.07) is 9.60. The standard InChI is InChI=1S/C19H26N6O/c1-2-3-5-11-21-19(26)16-8-9-18(23-22-16)25-14-12-24(13-15-25)17-7-4-6-10-20-17/h4,6-10H,2-3,5,11-15H2,1H3,(H,21,26). The lowest BCUT2D eigenvalue weighted by Gasteiger charge is -2.35. The van der Waals surface area contributed by atoms with Crippen molar-refractivity contribution in [2.75, 3.05) is 42.5 Å². The molecular weight excluding hydrogens is 328 g/mol. The van der Waals surface area contributed by atoms with Gasteiger partial charge in [0, 0.05) is 38.9 Å². The first-order valence-electron chi connectivity index (χ1n) is 9.31. The predicted molar refractivity (Wildman–Crippen MR) is 103 cm³/mol. The molecule has 0 atom stereocenters. The van der Waals surface area contributed by atoms with Crippen LogP contribution in [0, 0.1) is 0 Å². The number of hydrogen-bond acceptors (Lipinski definition) is 6. The van der Waals surface area contributed by atoms with Gasteiger partial charge in [-0.1, -0.05) is 25.8 Å². The third kappa shape index (κ3) is 4.68. The molecule has 138 valence electrons. The number of unbranched alkanes of at least 4 members (excludes halogenated alkanes) is 2. The molecule has 3 heterocycles. The van der Waals surface area contributed by atoms with Gasteiger partial charge >= 0.3 is 0 Å². The van der Waals surface area contributed by atoms with Crippen molar-refractivity contribution in [3.8, 4) is 0 Å². The van der Waals surface area contributed by atoms with Crippen molar-refractivity contribution < 1.29 is 4.79 Å². The monoisotopic (exact) mass is 354 g/mol. The first kappa shape index (κ1) is 18.1. The lowest BCUT2D eigenvalue weighted by atomic mass is 10.2. The highest BCUT2D eigenvalue weighted by molar-refractivity contribution is 5.92. The van der Waals surface area contributed by atoms with Crippen LogP contribution >= 0.6 is 0 Å². The molecular formula is C19H26N6O. The Morgan fingerprint density at radius 2 is 1.77 bits per heavy atom. The summed E-state index contributed by atoms with van der Waals surface area (Å²) in [4.78, 5) is 20.9. The Morgan fingerprint density at radius 3 is 2.38 bits per heavy atom. The summed E-state index contributed by atoms with van der Waals surface area (Å²) in [5.74, 6) is 1.67. The van der Waals surface area contributed by atoms with Gasteiger partial charge in [0.25, 0.3) is 5.91 Å². The van der Waals surface area contributed by atoms with Crippen molar-refractivity contribution in [1.82, 2.24) is 20.5 Å². The van der Waals surface area contributed by atoms with Gasteiger partial charge in [-0.05, 0) is 30.7 Å². The normalized spacial score (nSPS) is 14.3. The molecule has 0 aliphatic carbocycles. The summed E-state index contributed by atoms with van der Waals surface area (Å²) in [6.45, 7) is 6.31. The molecule has 0 aromatic carbocycles. The Labute approximate surface area is 154 Å². The lowest BCUT2D eigenvalue weighted by molar-refractivity contribution is 0.0947. The number of hydrogen-bond donors (Lipinski definition) is 1. The SMILES string of the molecule is CCCCCNC(=O)c1ccc(N2CCN(c3ccccn3)CC2)nn1. The molecule has 1 amide bonds. The van der Waals surface area contributed by atoms with Gasteiger partial charge < -0.3 is 15.1 Å². The first-order chi connectivity index (χ1) is 12.8. The second kappa shape index (κ2) is 9.12. The third-order valence-electron chi connectivity index (χ3n) is 4.53. The van der Waals surface area contributed by atoms with Crippen LogP contribution in [-0.2, 0) is 0 Å². The van der Waals surface area contributed by atoms with Crippen LogP contribution in [-0.4, -0.2) is 53.8 Å². The second-order valence-electron chi connectivity index (χ2n) is 6.40. The van der Waals surface area contributed by atoms with E-state index in [0.29, 0.717) is 12.2 Å². The minimum absolute atomic E-state index is 0.153. The first-order valence-corrected chi connectivity index (χ1v) is 9.31. The minimum Gasteiger partial charge on any atom is -0.353 e. The fourth-order valence-electron chi connectivity index (χ4n) is 2.99. The summed E-state index contributed by atoms with van der Waals surface area (Å²) in [5.41, 5.74) is 0.373. The van der Waals surface area contributed by atoms with Gasteiger partial charge in [0.05, 0.1) is 0 Å². The van der Waals surface area contributed by atoms with Crippen molar-refractivity contribution in [3.63, 3.8) is 0 Å². The number of carbonyl (C=O) groups excluding carboxylic acids is 1. The molecule has 1 aliphatic heterocycles. The molecule has 7 nitrogen and oxygen atoms in total. The van der Waals surface area contributed by atoms with Crippen LogP contribution in [0.1, 0.15) is 36.7 Å². The number of carbonyl (C=O) groups is 1. The Kier molecular flexibility index (Phi) is 6.35. The number of aromatic nitrogens is 3. The maximum atomic E-state index is 12.1. The number of rotatable bonds is 7. The van der Waals surface area contributed by atoms with Gasteiger partial charge in [-0.3, -0.25) is 4.79 Å². The molecule has 26 heavy (non-hydrogen) atoms. The topological polar surface area (TPSA) is 74.2 Å². The highest BCUT2D eigenvalue weighted by atomic mass is 16.1. The Bertz CT molecular complexity index is 683. The van der Waals surface area contributed by atoms with E-state index in [1.165, 1.54) is 0 Å². The zero-order valence-corrected chi connectivity index (χ0v) is 15.3. The molecule has 2 aromatic heterocycles. The Morgan fingerprint density at radius 1 is 1.00 bits per heavy atom. The molecule has 2 aromatic rings. The fourth-order valence-corrected chi connectivity index (χ4v) is 2.99. The van der Waals surface area contributed by atoms with E-state index in [1.807, 2.05) is 30.5 Å². The summed E-state index contributed by atoms with van der Waals surface area (Å²) in [5, 5.41) is 11.2. The van der Waals surface area contributed by atoms with Crippen LogP contribution in [0.2, 0.25) is 0 Å². The van der Waals surface area contributed by atoms with Gasteiger partial charge in [-0.15, -0.1) is 10.2 Å². The fraction of sp³-hybridized carbons (Fsp3) is 0.474. The Balaban J connectivity index is 1.51. The molecule has 7 heteroatoms. The molecule has 0 radical (unpaired) electrons. The molecule has 1 aliphatic rings. The predicted octanol–water partition coefficient (Wildman–Crippen LogP) is 2.12. The molecule has 0 unspecified atom stereocenters. The van der Waals surface area contributed by atoms with Gasteiger partial charge in [0.15, 0.2) is 11.5 Å². The molecule has 0 spiro atoms. The summed E-state index contributed by atoms with van der Waals surface area (Å²) in [7, 11) is 0. The van der Waals surface area contributed by atoms with E-state index < -0.39 is 0 Å². The zero-order valence-electron chi connectivity index (χ0n) is 15.3. The Hall–Kier alpha value is -2.70. The van der Waals surface area contributed by atoms with Crippen LogP contribution in [0.5, 0.6) is 0 Å². The van der Waals surface area contributed by atoms with Crippen molar-refractivity contribution in [2.45, 2.75) is 26.2 Å². The van der Waals surface area contributed by atoms with Gasteiger partial charge in [0.1, 0.15) is 5.82 Å². The third-order valence-corrected chi connectivity index (χ3v) is 4.53. The van der Waals surface area contributed by atoms with Crippen molar-refractivity contribution in [1.29, 1.82) is 0 Å². The van der Waals surface area contributed by atoms with Crippen LogP contribution in [0.15, 0.2) is 36.5 Å². The molecule has 1 saturated heterocycles. The number of pyridine rings is 1. The van der Waals surface area contributed by atoms with Gasteiger partial charge in [-0.2, -0.15) is 0 Å². The molecule has 0 saturated carbocycles. The number of anilines is 2. The van der Waals surface area contributed by atoms with E-state index in [1.54, 1.807) is 6.07 Å². The number of nitrogens with one attached hydrogen (secondary N) is 1. The summed E-state index contributed by atoms with van der Waals surface area (Å²) in [6.07, 6.45) is 5.07. The maximum Gasteiger partial charge on any atom is 0.271 e. The molecule has 1 N–H and O–H groups in total.